The van der Waals surface area contributed by atoms with Gasteiger partial charge < -0.3 is 20.4 Å². The molecule has 30 heavy (non-hydrogen) atoms. The third-order valence-corrected chi connectivity index (χ3v) is 5.80. The van der Waals surface area contributed by atoms with Crippen LogP contribution in [0.5, 0.6) is 0 Å². The third kappa shape index (κ3) is 7.35. The van der Waals surface area contributed by atoms with Crippen LogP contribution >= 0.6 is 0 Å². The Labute approximate surface area is 175 Å². The van der Waals surface area contributed by atoms with E-state index in [1.807, 2.05) is 0 Å². The summed E-state index contributed by atoms with van der Waals surface area (Å²) in [5.41, 5.74) is -0.119. The van der Waals surface area contributed by atoms with Crippen LogP contribution in [0, 0.1) is 35.3 Å². The van der Waals surface area contributed by atoms with Crippen molar-refractivity contribution in [3.8, 4) is 11.8 Å². The van der Waals surface area contributed by atoms with Gasteiger partial charge in [0.05, 0.1) is 17.8 Å². The Kier molecular flexibility index (Phi) is 9.70. The predicted octanol–water partition coefficient (Wildman–Crippen LogP) is 3.24. The summed E-state index contributed by atoms with van der Waals surface area (Å²) < 4.78 is 26.8. The molecular formula is C23H30F2O5. The average Bonchev–Trinajstić information content (AvgIpc) is 2.96. The van der Waals surface area contributed by atoms with Gasteiger partial charge in [-0.1, -0.05) is 37.2 Å². The Hall–Kier alpha value is -2.01. The van der Waals surface area contributed by atoms with Crippen LogP contribution in [0.15, 0.2) is 18.2 Å². The molecule has 4 N–H and O–H groups in total. The van der Waals surface area contributed by atoms with E-state index in [2.05, 4.69) is 11.8 Å². The molecular weight excluding hydrogens is 394 g/mol. The number of halogens is 2. The molecule has 1 aliphatic carbocycles. The number of hydrogen-bond acceptors (Lipinski definition) is 4. The van der Waals surface area contributed by atoms with Gasteiger partial charge in [0.1, 0.15) is 6.10 Å². The number of hydrogen-bond donors (Lipinski definition) is 4. The van der Waals surface area contributed by atoms with Crippen molar-refractivity contribution in [2.75, 3.05) is 0 Å². The van der Waals surface area contributed by atoms with Crippen molar-refractivity contribution in [1.82, 2.24) is 0 Å². The van der Waals surface area contributed by atoms with Gasteiger partial charge in [-0.05, 0) is 56.1 Å². The van der Waals surface area contributed by atoms with Gasteiger partial charge >= 0.3 is 5.97 Å². The van der Waals surface area contributed by atoms with Crippen molar-refractivity contribution in [2.45, 2.75) is 76.1 Å². The van der Waals surface area contributed by atoms with E-state index in [1.165, 1.54) is 12.1 Å². The van der Waals surface area contributed by atoms with Gasteiger partial charge in [-0.2, -0.15) is 0 Å². The largest absolute Gasteiger partial charge is 0.481 e. The Balaban J connectivity index is 1.82. The summed E-state index contributed by atoms with van der Waals surface area (Å²) in [6.07, 6.45) is 2.75. The number of aliphatic hydroxyl groups excluding tert-OH is 3. The van der Waals surface area contributed by atoms with Crippen molar-refractivity contribution >= 4 is 5.97 Å². The lowest BCUT2D eigenvalue weighted by atomic mass is 9.85. The fraction of sp³-hybridized carbons (Fsp3) is 0.609. The number of rotatable bonds is 10. The third-order valence-electron chi connectivity index (χ3n) is 5.80. The Bertz CT molecular complexity index is 758. The summed E-state index contributed by atoms with van der Waals surface area (Å²) >= 11 is 0. The number of carboxylic acid groups (broad SMARTS) is 1. The Morgan fingerprint density at radius 2 is 1.73 bits per heavy atom. The maximum Gasteiger partial charge on any atom is 0.303 e. The van der Waals surface area contributed by atoms with Crippen LogP contribution in [0.1, 0.15) is 63.4 Å². The van der Waals surface area contributed by atoms with Crippen LogP contribution in [0.2, 0.25) is 0 Å². The molecule has 0 heterocycles. The zero-order chi connectivity index (χ0) is 22.1. The van der Waals surface area contributed by atoms with Crippen molar-refractivity contribution in [1.29, 1.82) is 0 Å². The number of unbranched alkanes of at least 4 members (excludes halogenated alkanes) is 3. The van der Waals surface area contributed by atoms with Gasteiger partial charge in [-0.25, -0.2) is 8.78 Å². The Morgan fingerprint density at radius 3 is 2.43 bits per heavy atom. The monoisotopic (exact) mass is 424 g/mol. The second kappa shape index (κ2) is 12.0. The second-order valence-corrected chi connectivity index (χ2v) is 8.01. The number of aliphatic carboxylic acids is 1. The van der Waals surface area contributed by atoms with Gasteiger partial charge in [0.2, 0.25) is 0 Å². The highest BCUT2D eigenvalue weighted by Crippen LogP contribution is 2.39. The predicted molar refractivity (Wildman–Crippen MR) is 107 cm³/mol. The number of carbonyl (C=O) groups is 1. The molecule has 0 amide bonds. The molecule has 0 bridgehead atoms. The van der Waals surface area contributed by atoms with E-state index in [-0.39, 0.29) is 30.2 Å². The zero-order valence-corrected chi connectivity index (χ0v) is 16.9. The first-order chi connectivity index (χ1) is 14.3. The normalized spacial score (nSPS) is 24.3. The lowest BCUT2D eigenvalue weighted by molar-refractivity contribution is -0.137. The standard InChI is InChI=1S/C23H30F2O5/c24-19-8-5-6-15(23(19)25)10-11-16(26)12-13-18-17(20(27)14-21(18)28)7-3-1-2-4-9-22(29)30/h5-6,8,16-18,20-21,26-28H,1-4,7,9,12-14H2,(H,29,30)/t16?,17-,18?,20+,21-/m1/s1. The van der Waals surface area contributed by atoms with Gasteiger partial charge in [-0.15, -0.1) is 0 Å². The van der Waals surface area contributed by atoms with Gasteiger partial charge in [-0.3, -0.25) is 4.79 Å². The maximum atomic E-state index is 13.6. The summed E-state index contributed by atoms with van der Waals surface area (Å²) in [6, 6.07) is 3.68. The fourth-order valence-corrected chi connectivity index (χ4v) is 4.17. The molecule has 7 heteroatoms. The van der Waals surface area contributed by atoms with Crippen LogP contribution in [-0.2, 0) is 4.79 Å². The highest BCUT2D eigenvalue weighted by molar-refractivity contribution is 5.66. The summed E-state index contributed by atoms with van der Waals surface area (Å²) in [7, 11) is 0. The van der Waals surface area contributed by atoms with E-state index < -0.39 is 35.9 Å². The van der Waals surface area contributed by atoms with E-state index >= 15 is 0 Å². The molecule has 1 aliphatic rings. The van der Waals surface area contributed by atoms with Gasteiger partial charge in [0.25, 0.3) is 0 Å². The highest BCUT2D eigenvalue weighted by atomic mass is 19.2. The van der Waals surface area contributed by atoms with Gasteiger partial charge in [0, 0.05) is 6.42 Å². The topological polar surface area (TPSA) is 98.0 Å². The van der Waals surface area contributed by atoms with Gasteiger partial charge in [0.15, 0.2) is 11.6 Å². The SMILES string of the molecule is O=C(O)CCCCCC[C@@H]1C(CCC(O)C#Cc2cccc(F)c2F)[C@H](O)C[C@@H]1O. The molecule has 1 aromatic carbocycles. The molecule has 0 spiro atoms. The van der Waals surface area contributed by atoms with Crippen molar-refractivity contribution in [2.24, 2.45) is 11.8 Å². The quantitative estimate of drug-likeness (QED) is 0.342. The highest BCUT2D eigenvalue weighted by Gasteiger charge is 2.40. The molecule has 5 atom stereocenters. The molecule has 166 valence electrons. The maximum absolute atomic E-state index is 13.6. The molecule has 1 saturated carbocycles. The summed E-state index contributed by atoms with van der Waals surface area (Å²) in [6.45, 7) is 0. The molecule has 2 rings (SSSR count). The van der Waals surface area contributed by atoms with Crippen molar-refractivity contribution in [3.05, 3.63) is 35.4 Å². The summed E-state index contributed by atoms with van der Waals surface area (Å²) in [5.74, 6) is 1.88. The van der Waals surface area contributed by atoms with E-state index in [0.717, 1.165) is 31.7 Å². The minimum Gasteiger partial charge on any atom is -0.481 e. The van der Waals surface area contributed by atoms with Crippen LogP contribution in [0.3, 0.4) is 0 Å². The van der Waals surface area contributed by atoms with E-state index in [0.29, 0.717) is 19.3 Å². The Morgan fingerprint density at radius 1 is 1.07 bits per heavy atom. The molecule has 2 unspecified atom stereocenters. The number of benzene rings is 1. The zero-order valence-electron chi connectivity index (χ0n) is 16.9. The number of aliphatic hydroxyl groups is 3. The van der Waals surface area contributed by atoms with Crippen LogP contribution in [0.4, 0.5) is 8.78 Å². The molecule has 1 aromatic rings. The summed E-state index contributed by atoms with van der Waals surface area (Å²) in [5, 5.41) is 39.3. The molecule has 5 nitrogen and oxygen atoms in total. The van der Waals surface area contributed by atoms with Crippen LogP contribution in [-0.4, -0.2) is 44.7 Å². The first kappa shape index (κ1) is 24.3. The minimum atomic E-state index is -1.05. The van der Waals surface area contributed by atoms with Crippen molar-refractivity contribution < 1.29 is 34.0 Å². The first-order valence-corrected chi connectivity index (χ1v) is 10.5. The molecule has 0 radical (unpaired) electrons. The molecule has 0 saturated heterocycles. The average molecular weight is 424 g/mol. The second-order valence-electron chi connectivity index (χ2n) is 8.01. The molecule has 0 aliphatic heterocycles. The fourth-order valence-electron chi connectivity index (χ4n) is 4.17. The minimum absolute atomic E-state index is 0.0831. The number of carboxylic acids is 1. The molecule has 1 fully saturated rings. The van der Waals surface area contributed by atoms with E-state index in [1.54, 1.807) is 0 Å². The lowest BCUT2D eigenvalue weighted by Gasteiger charge is -2.24. The van der Waals surface area contributed by atoms with Crippen molar-refractivity contribution in [3.63, 3.8) is 0 Å². The summed E-state index contributed by atoms with van der Waals surface area (Å²) in [4.78, 5) is 10.5. The molecule has 0 aromatic heterocycles. The first-order valence-electron chi connectivity index (χ1n) is 10.5. The van der Waals surface area contributed by atoms with E-state index in [9.17, 15) is 28.9 Å². The lowest BCUT2D eigenvalue weighted by Crippen LogP contribution is -2.23. The smallest absolute Gasteiger partial charge is 0.303 e. The van der Waals surface area contributed by atoms with E-state index in [4.69, 9.17) is 5.11 Å². The van der Waals surface area contributed by atoms with Crippen LogP contribution in [0.25, 0.3) is 0 Å². The van der Waals surface area contributed by atoms with Crippen LogP contribution < -0.4 is 0 Å².